The van der Waals surface area contributed by atoms with E-state index in [9.17, 15) is 9.59 Å². The smallest absolute Gasteiger partial charge is 0.342 e. The summed E-state index contributed by atoms with van der Waals surface area (Å²) in [6.07, 6.45) is 1.69. The molecule has 1 aromatic carbocycles. The monoisotopic (exact) mass is 368 g/mol. The molecule has 0 bridgehead atoms. The van der Waals surface area contributed by atoms with Crippen molar-refractivity contribution in [3.05, 3.63) is 58.0 Å². The van der Waals surface area contributed by atoms with E-state index in [4.69, 9.17) is 0 Å². The third-order valence-electron chi connectivity index (χ3n) is 4.99. The Bertz CT molecular complexity index is 982. The van der Waals surface area contributed by atoms with Crippen molar-refractivity contribution >= 4 is 5.91 Å². The van der Waals surface area contributed by atoms with Crippen LogP contribution in [0.25, 0.3) is 5.69 Å². The summed E-state index contributed by atoms with van der Waals surface area (Å²) in [4.78, 5) is 26.5. The number of piperidine rings is 1. The third-order valence-corrected chi connectivity index (χ3v) is 4.99. The molecule has 3 aromatic rings. The Morgan fingerprint density at radius 3 is 2.63 bits per heavy atom. The van der Waals surface area contributed by atoms with Crippen molar-refractivity contribution in [1.29, 1.82) is 0 Å². The fourth-order valence-corrected chi connectivity index (χ4v) is 3.46. The average molecular weight is 368 g/mol. The zero-order valence-electron chi connectivity index (χ0n) is 15.0. The molecule has 0 aliphatic carbocycles. The van der Waals surface area contributed by atoms with E-state index in [1.807, 2.05) is 35.2 Å². The van der Waals surface area contributed by atoms with E-state index in [0.717, 1.165) is 24.4 Å². The van der Waals surface area contributed by atoms with Crippen molar-refractivity contribution in [2.45, 2.75) is 32.1 Å². The van der Waals surface area contributed by atoms with Gasteiger partial charge in [0.15, 0.2) is 0 Å². The zero-order valence-corrected chi connectivity index (χ0v) is 15.0. The SMILES string of the molecule is Cc1nonc1CC(=O)N1CCC(c2n[nH]c(=O)n2-c2ccccc2)CC1. The highest BCUT2D eigenvalue weighted by atomic mass is 16.6. The van der Waals surface area contributed by atoms with Crippen LogP contribution >= 0.6 is 0 Å². The first-order valence-corrected chi connectivity index (χ1v) is 8.92. The van der Waals surface area contributed by atoms with Crippen LogP contribution in [-0.4, -0.2) is 49.0 Å². The number of likely N-dealkylation sites (tertiary alicyclic amines) is 1. The van der Waals surface area contributed by atoms with E-state index >= 15 is 0 Å². The van der Waals surface area contributed by atoms with Crippen molar-refractivity contribution in [1.82, 2.24) is 30.0 Å². The van der Waals surface area contributed by atoms with Crippen LogP contribution < -0.4 is 5.69 Å². The maximum absolute atomic E-state index is 12.5. The van der Waals surface area contributed by atoms with Gasteiger partial charge in [-0.15, -0.1) is 0 Å². The van der Waals surface area contributed by atoms with Gasteiger partial charge in [0.25, 0.3) is 0 Å². The molecule has 0 radical (unpaired) electrons. The number of hydrogen-bond acceptors (Lipinski definition) is 6. The molecule has 3 heterocycles. The van der Waals surface area contributed by atoms with Gasteiger partial charge in [-0.1, -0.05) is 28.5 Å². The Kier molecular flexibility index (Phi) is 4.57. The molecule has 0 unspecified atom stereocenters. The molecule has 1 amide bonds. The first-order chi connectivity index (χ1) is 13.1. The van der Waals surface area contributed by atoms with Crippen LogP contribution in [0.4, 0.5) is 0 Å². The number of aromatic amines is 1. The number of carbonyl (C=O) groups excluding carboxylic acids is 1. The minimum atomic E-state index is -0.247. The van der Waals surface area contributed by atoms with Gasteiger partial charge in [-0.05, 0) is 31.9 Å². The van der Waals surface area contributed by atoms with Crippen LogP contribution in [0.1, 0.15) is 36.0 Å². The summed E-state index contributed by atoms with van der Waals surface area (Å²) in [7, 11) is 0. The number of nitrogens with one attached hydrogen (secondary N) is 1. The molecule has 1 aliphatic rings. The van der Waals surface area contributed by atoms with Gasteiger partial charge in [0.1, 0.15) is 17.2 Å². The van der Waals surface area contributed by atoms with E-state index in [-0.39, 0.29) is 23.9 Å². The number of hydrogen-bond donors (Lipinski definition) is 1. The maximum atomic E-state index is 12.5. The number of H-pyrrole nitrogens is 1. The van der Waals surface area contributed by atoms with E-state index < -0.39 is 0 Å². The van der Waals surface area contributed by atoms with Gasteiger partial charge in [-0.2, -0.15) is 5.10 Å². The van der Waals surface area contributed by atoms with Crippen LogP contribution in [-0.2, 0) is 11.2 Å². The molecule has 1 aliphatic heterocycles. The number of rotatable bonds is 4. The Morgan fingerprint density at radius 1 is 1.22 bits per heavy atom. The van der Waals surface area contributed by atoms with Crippen molar-refractivity contribution in [2.24, 2.45) is 0 Å². The molecule has 9 nitrogen and oxygen atoms in total. The molecule has 4 rings (SSSR count). The summed E-state index contributed by atoms with van der Waals surface area (Å²) >= 11 is 0. The van der Waals surface area contributed by atoms with Gasteiger partial charge in [0, 0.05) is 19.0 Å². The number of aromatic nitrogens is 5. The molecule has 0 atom stereocenters. The van der Waals surface area contributed by atoms with Gasteiger partial charge < -0.3 is 4.90 Å². The first-order valence-electron chi connectivity index (χ1n) is 8.92. The summed E-state index contributed by atoms with van der Waals surface area (Å²) < 4.78 is 6.27. The lowest BCUT2D eigenvalue weighted by atomic mass is 9.95. The van der Waals surface area contributed by atoms with Crippen LogP contribution in [0.5, 0.6) is 0 Å². The summed E-state index contributed by atoms with van der Waals surface area (Å²) in [6.45, 7) is 3.00. The van der Waals surface area contributed by atoms with Gasteiger partial charge >= 0.3 is 5.69 Å². The highest BCUT2D eigenvalue weighted by Gasteiger charge is 2.28. The van der Waals surface area contributed by atoms with E-state index in [2.05, 4.69) is 25.1 Å². The molecule has 27 heavy (non-hydrogen) atoms. The predicted molar refractivity (Wildman–Crippen MR) is 95.5 cm³/mol. The molecule has 1 saturated heterocycles. The largest absolute Gasteiger partial charge is 0.347 e. The molecular weight excluding hydrogens is 348 g/mol. The van der Waals surface area contributed by atoms with Crippen molar-refractivity contribution < 1.29 is 9.42 Å². The molecule has 0 saturated carbocycles. The Labute approximate surface area is 155 Å². The minimum absolute atomic E-state index is 0.00901. The highest BCUT2D eigenvalue weighted by Crippen LogP contribution is 2.27. The van der Waals surface area contributed by atoms with Crippen LogP contribution in [0.2, 0.25) is 0 Å². The quantitative estimate of drug-likeness (QED) is 0.741. The van der Waals surface area contributed by atoms with Crippen LogP contribution in [0.3, 0.4) is 0 Å². The highest BCUT2D eigenvalue weighted by molar-refractivity contribution is 5.78. The summed E-state index contributed by atoms with van der Waals surface area (Å²) in [6, 6.07) is 9.45. The molecule has 1 fully saturated rings. The lowest BCUT2D eigenvalue weighted by Gasteiger charge is -2.31. The van der Waals surface area contributed by atoms with Crippen LogP contribution in [0.15, 0.2) is 39.8 Å². The normalized spacial score (nSPS) is 15.2. The lowest BCUT2D eigenvalue weighted by molar-refractivity contribution is -0.131. The molecule has 0 spiro atoms. The topological polar surface area (TPSA) is 110 Å². The molecule has 1 N–H and O–H groups in total. The second-order valence-corrected chi connectivity index (χ2v) is 6.69. The number of benzene rings is 1. The second kappa shape index (κ2) is 7.18. The standard InChI is InChI=1S/C18H20N6O3/c1-12-15(22-27-21-12)11-16(25)23-9-7-13(8-10-23)17-19-20-18(26)24(17)14-5-3-2-4-6-14/h2-6,13H,7-11H2,1H3,(H,20,26). The van der Waals surface area contributed by atoms with Crippen molar-refractivity contribution in [3.8, 4) is 5.69 Å². The van der Waals surface area contributed by atoms with Gasteiger partial charge in [0.05, 0.1) is 12.1 Å². The second-order valence-electron chi connectivity index (χ2n) is 6.69. The third kappa shape index (κ3) is 3.40. The Hall–Kier alpha value is -3.23. The van der Waals surface area contributed by atoms with Crippen molar-refractivity contribution in [2.75, 3.05) is 13.1 Å². The molecular formula is C18H20N6O3. The van der Waals surface area contributed by atoms with Gasteiger partial charge in [-0.25, -0.2) is 19.1 Å². The summed E-state index contributed by atoms with van der Waals surface area (Å²) in [5, 5.41) is 14.3. The minimum Gasteiger partial charge on any atom is -0.342 e. The molecule has 2 aromatic heterocycles. The van der Waals surface area contributed by atoms with Crippen molar-refractivity contribution in [3.63, 3.8) is 0 Å². The Morgan fingerprint density at radius 2 is 1.96 bits per heavy atom. The van der Waals surface area contributed by atoms with Gasteiger partial charge in [-0.3, -0.25) is 4.79 Å². The van der Waals surface area contributed by atoms with E-state index in [1.165, 1.54) is 0 Å². The number of carbonyl (C=O) groups is 1. The maximum Gasteiger partial charge on any atom is 0.347 e. The average Bonchev–Trinajstić information content (AvgIpc) is 3.28. The zero-order chi connectivity index (χ0) is 18.8. The lowest BCUT2D eigenvalue weighted by Crippen LogP contribution is -2.39. The summed E-state index contributed by atoms with van der Waals surface area (Å²) in [5.41, 5.74) is 1.76. The fourth-order valence-electron chi connectivity index (χ4n) is 3.46. The number of aryl methyl sites for hydroxylation is 1. The summed E-state index contributed by atoms with van der Waals surface area (Å²) in [5.74, 6) is 0.841. The van der Waals surface area contributed by atoms with E-state index in [1.54, 1.807) is 11.5 Å². The predicted octanol–water partition coefficient (Wildman–Crippen LogP) is 1.20. The first kappa shape index (κ1) is 17.2. The molecule has 9 heteroatoms. The van der Waals surface area contributed by atoms with E-state index in [0.29, 0.717) is 24.5 Å². The van der Waals surface area contributed by atoms with Gasteiger partial charge in [0.2, 0.25) is 5.91 Å². The molecule has 140 valence electrons. The number of para-hydroxylation sites is 1. The Balaban J connectivity index is 1.45. The number of amides is 1. The number of nitrogens with zero attached hydrogens (tertiary/aromatic N) is 5. The van der Waals surface area contributed by atoms with Crippen LogP contribution in [0, 0.1) is 6.92 Å². The fraction of sp³-hybridized carbons (Fsp3) is 0.389.